The molecular formula is C8H12N4O. The van der Waals surface area contributed by atoms with Gasteiger partial charge in [0.2, 0.25) is 5.54 Å². The summed E-state index contributed by atoms with van der Waals surface area (Å²) in [5.41, 5.74) is -2.32. The molecule has 0 rings (SSSR count). The third-order valence-corrected chi connectivity index (χ3v) is 1.37. The summed E-state index contributed by atoms with van der Waals surface area (Å²) in [6.07, 6.45) is 0. The van der Waals surface area contributed by atoms with Crippen molar-refractivity contribution in [3.05, 3.63) is 5.21 Å². The van der Waals surface area contributed by atoms with Crippen LogP contribution in [0.4, 0.5) is 0 Å². The summed E-state index contributed by atoms with van der Waals surface area (Å²) in [6.45, 7) is 5.89. The molecule has 0 heterocycles. The Bertz CT molecular complexity index is 303. The van der Waals surface area contributed by atoms with Gasteiger partial charge in [0.05, 0.1) is 6.07 Å². The maximum atomic E-state index is 11.2. The van der Waals surface area contributed by atoms with Gasteiger partial charge in [0, 0.05) is 13.8 Å². The molecule has 0 amide bonds. The predicted octanol–water partition coefficient (Wildman–Crippen LogP) is 1.55. The molecule has 0 saturated carbocycles. The highest BCUT2D eigenvalue weighted by Gasteiger charge is 2.31. The van der Waals surface area contributed by atoms with Gasteiger partial charge in [-0.1, -0.05) is 4.86 Å². The molecule has 5 nitrogen and oxygen atoms in total. The molecule has 0 aromatic heterocycles. The van der Waals surface area contributed by atoms with Gasteiger partial charge in [-0.25, -0.2) is 0 Å². The lowest BCUT2D eigenvalue weighted by atomic mass is 10.1. The summed E-state index contributed by atoms with van der Waals surface area (Å²) in [7, 11) is 0. The van der Waals surface area contributed by atoms with Crippen molar-refractivity contribution in [1.29, 1.82) is 10.5 Å². The monoisotopic (exact) mass is 180 g/mol. The van der Waals surface area contributed by atoms with E-state index in [0.29, 0.717) is 0 Å². The zero-order chi connectivity index (χ0) is 10.7. The standard InChI is InChI=1S/C8H12N4O/c1-7(2,5-9)11-12(13)8(3,4)6-10/h1-4H3. The van der Waals surface area contributed by atoms with Gasteiger partial charge in [-0.05, 0) is 19.0 Å². The van der Waals surface area contributed by atoms with Crippen LogP contribution in [-0.2, 0) is 0 Å². The summed E-state index contributed by atoms with van der Waals surface area (Å²) in [4.78, 5) is 0.274. The fourth-order valence-corrected chi connectivity index (χ4v) is 0.417. The van der Waals surface area contributed by atoms with Crippen LogP contribution in [0.25, 0.3) is 0 Å². The number of rotatable bonds is 2. The number of nitriles is 2. The summed E-state index contributed by atoms with van der Waals surface area (Å²) >= 11 is 0. The van der Waals surface area contributed by atoms with E-state index in [2.05, 4.69) is 5.11 Å². The van der Waals surface area contributed by atoms with E-state index in [-0.39, 0.29) is 4.86 Å². The smallest absolute Gasteiger partial charge is 0.277 e. The fraction of sp³-hybridized carbons (Fsp3) is 0.750. The topological polar surface area (TPSA) is 86.0 Å². The van der Waals surface area contributed by atoms with E-state index in [1.165, 1.54) is 27.7 Å². The predicted molar refractivity (Wildman–Crippen MR) is 45.4 cm³/mol. The summed E-state index contributed by atoms with van der Waals surface area (Å²) in [5.74, 6) is 0. The first-order valence-corrected chi connectivity index (χ1v) is 3.78. The van der Waals surface area contributed by atoms with Crippen LogP contribution >= 0.6 is 0 Å². The molecule has 0 radical (unpaired) electrons. The molecule has 0 aliphatic heterocycles. The van der Waals surface area contributed by atoms with Gasteiger partial charge < -0.3 is 5.21 Å². The molecule has 0 aliphatic carbocycles. The molecular weight excluding hydrogens is 168 g/mol. The van der Waals surface area contributed by atoms with E-state index in [9.17, 15) is 5.21 Å². The minimum Gasteiger partial charge on any atom is -0.599 e. The Morgan fingerprint density at radius 2 is 1.62 bits per heavy atom. The summed E-state index contributed by atoms with van der Waals surface area (Å²) < 4.78 is 0. The quantitative estimate of drug-likeness (QED) is 0.367. The Balaban J connectivity index is 4.95. The Morgan fingerprint density at radius 1 is 1.15 bits per heavy atom. The van der Waals surface area contributed by atoms with Crippen molar-refractivity contribution in [1.82, 2.24) is 0 Å². The van der Waals surface area contributed by atoms with Crippen LogP contribution in [0.3, 0.4) is 0 Å². The third-order valence-electron chi connectivity index (χ3n) is 1.37. The number of hydroxylamine groups is 1. The molecule has 0 aromatic carbocycles. The highest BCUT2D eigenvalue weighted by atomic mass is 16.5. The first kappa shape index (κ1) is 11.4. The summed E-state index contributed by atoms with van der Waals surface area (Å²) in [6, 6.07) is 3.65. The van der Waals surface area contributed by atoms with Crippen molar-refractivity contribution in [2.75, 3.05) is 0 Å². The summed E-state index contributed by atoms with van der Waals surface area (Å²) in [5, 5.41) is 32.0. The first-order valence-electron chi connectivity index (χ1n) is 3.78. The minimum absolute atomic E-state index is 0.274. The van der Waals surface area contributed by atoms with E-state index >= 15 is 0 Å². The third kappa shape index (κ3) is 3.08. The van der Waals surface area contributed by atoms with Crippen molar-refractivity contribution < 1.29 is 4.86 Å². The van der Waals surface area contributed by atoms with Gasteiger partial charge >= 0.3 is 0 Å². The van der Waals surface area contributed by atoms with Gasteiger partial charge in [-0.2, -0.15) is 10.5 Å². The number of azo groups is 1. The Morgan fingerprint density at radius 3 is 1.92 bits per heavy atom. The molecule has 70 valence electrons. The zero-order valence-corrected chi connectivity index (χ0v) is 8.20. The van der Waals surface area contributed by atoms with Gasteiger partial charge in [0.1, 0.15) is 6.07 Å². The van der Waals surface area contributed by atoms with Crippen LogP contribution in [0.1, 0.15) is 27.7 Å². The van der Waals surface area contributed by atoms with E-state index < -0.39 is 11.1 Å². The fourth-order valence-electron chi connectivity index (χ4n) is 0.417. The molecule has 5 heteroatoms. The van der Waals surface area contributed by atoms with Crippen molar-refractivity contribution in [2.24, 2.45) is 5.11 Å². The molecule has 0 spiro atoms. The molecule has 0 unspecified atom stereocenters. The average Bonchev–Trinajstić information content (AvgIpc) is 2.04. The van der Waals surface area contributed by atoms with Crippen molar-refractivity contribution in [3.8, 4) is 12.1 Å². The van der Waals surface area contributed by atoms with E-state index in [1.54, 1.807) is 6.07 Å². The average molecular weight is 180 g/mol. The lowest BCUT2D eigenvalue weighted by Gasteiger charge is -2.15. The van der Waals surface area contributed by atoms with Crippen LogP contribution in [0.2, 0.25) is 0 Å². The SMILES string of the molecule is CC(C)(C#N)N=[N+]([O-])C(C)(C)C#N. The lowest BCUT2D eigenvalue weighted by Crippen LogP contribution is -2.32. The van der Waals surface area contributed by atoms with Gasteiger partial charge in [-0.15, -0.1) is 0 Å². The highest BCUT2D eigenvalue weighted by molar-refractivity contribution is 4.99. The molecule has 0 N–H and O–H groups in total. The number of nitrogens with zero attached hydrogens (tertiary/aromatic N) is 4. The van der Waals surface area contributed by atoms with Crippen LogP contribution in [0, 0.1) is 27.9 Å². The second-order valence-electron chi connectivity index (χ2n) is 3.71. The first-order chi connectivity index (χ1) is 5.75. The van der Waals surface area contributed by atoms with Crippen LogP contribution < -0.4 is 0 Å². The van der Waals surface area contributed by atoms with Crippen LogP contribution in [0.5, 0.6) is 0 Å². The Labute approximate surface area is 77.5 Å². The minimum atomic E-state index is -1.23. The zero-order valence-electron chi connectivity index (χ0n) is 8.20. The second-order valence-corrected chi connectivity index (χ2v) is 3.71. The molecule has 0 aliphatic rings. The highest BCUT2D eigenvalue weighted by Crippen LogP contribution is 2.13. The molecule has 13 heavy (non-hydrogen) atoms. The second kappa shape index (κ2) is 3.40. The Hall–Kier alpha value is -1.62. The molecule has 0 atom stereocenters. The van der Waals surface area contributed by atoms with E-state index in [0.717, 1.165) is 0 Å². The Kier molecular flexibility index (Phi) is 2.98. The maximum absolute atomic E-state index is 11.2. The molecule has 0 aromatic rings. The van der Waals surface area contributed by atoms with Crippen molar-refractivity contribution in [2.45, 2.75) is 38.8 Å². The molecule has 0 saturated heterocycles. The van der Waals surface area contributed by atoms with Crippen molar-refractivity contribution >= 4 is 0 Å². The van der Waals surface area contributed by atoms with Crippen molar-refractivity contribution in [3.63, 3.8) is 0 Å². The normalized spacial score (nSPS) is 13.2. The largest absolute Gasteiger partial charge is 0.599 e. The van der Waals surface area contributed by atoms with Gasteiger partial charge in [0.15, 0.2) is 0 Å². The molecule has 0 bridgehead atoms. The maximum Gasteiger partial charge on any atom is 0.277 e. The van der Waals surface area contributed by atoms with Crippen LogP contribution in [0.15, 0.2) is 5.11 Å². The number of hydrogen-bond donors (Lipinski definition) is 0. The van der Waals surface area contributed by atoms with Gasteiger partial charge in [-0.3, -0.25) is 0 Å². The van der Waals surface area contributed by atoms with Crippen LogP contribution in [-0.4, -0.2) is 15.9 Å². The molecule has 0 fully saturated rings. The lowest BCUT2D eigenvalue weighted by molar-refractivity contribution is -0.592. The van der Waals surface area contributed by atoms with Gasteiger partial charge in [0.25, 0.3) is 5.54 Å². The van der Waals surface area contributed by atoms with E-state index in [4.69, 9.17) is 10.5 Å². The number of hydrogen-bond acceptors (Lipinski definition) is 4. The van der Waals surface area contributed by atoms with E-state index in [1.807, 2.05) is 6.07 Å².